The van der Waals surface area contributed by atoms with Crippen molar-refractivity contribution in [1.29, 1.82) is 0 Å². The van der Waals surface area contributed by atoms with E-state index in [9.17, 15) is 0 Å². The first-order valence-corrected chi connectivity index (χ1v) is 7.26. The smallest absolute Gasteiger partial charge is 0.0743 e. The first-order valence-electron chi connectivity index (χ1n) is 6.47. The minimum Gasteiger partial charge on any atom is -0.328 e. The van der Waals surface area contributed by atoms with Gasteiger partial charge in [0, 0.05) is 6.04 Å². The Labute approximate surface area is 122 Å². The average Bonchev–Trinajstić information content (AvgIpc) is 2.56. The summed E-state index contributed by atoms with van der Waals surface area (Å²) in [5.74, 6) is 0. The summed E-state index contributed by atoms with van der Waals surface area (Å²) in [6.45, 7) is 8.22. The molecule has 1 aromatic carbocycles. The van der Waals surface area contributed by atoms with Crippen LogP contribution >= 0.6 is 15.9 Å². The lowest BCUT2D eigenvalue weighted by Gasteiger charge is -2.11. The van der Waals surface area contributed by atoms with Crippen molar-refractivity contribution >= 4 is 15.9 Å². The number of benzene rings is 1. The standard InChI is InChI=1S/C15H20BrN3/c1-9-7-13(8-10(2)17)5-6-14(9)19-12(4)15(16)11(3)18-19/h5-7,10H,8,17H2,1-4H3. The molecule has 1 unspecified atom stereocenters. The molecule has 1 aromatic heterocycles. The number of nitrogens with zero attached hydrogens (tertiary/aromatic N) is 2. The lowest BCUT2D eigenvalue weighted by Crippen LogP contribution is -2.17. The molecule has 0 radical (unpaired) electrons. The van der Waals surface area contributed by atoms with Crippen LogP contribution in [0.5, 0.6) is 0 Å². The molecular weight excluding hydrogens is 302 g/mol. The lowest BCUT2D eigenvalue weighted by molar-refractivity contribution is 0.736. The first-order chi connectivity index (χ1) is 8.90. The van der Waals surface area contributed by atoms with Crippen molar-refractivity contribution in [2.24, 2.45) is 5.73 Å². The van der Waals surface area contributed by atoms with Crippen molar-refractivity contribution in [1.82, 2.24) is 9.78 Å². The summed E-state index contributed by atoms with van der Waals surface area (Å²) in [7, 11) is 0. The zero-order valence-electron chi connectivity index (χ0n) is 11.9. The highest BCUT2D eigenvalue weighted by molar-refractivity contribution is 9.10. The van der Waals surface area contributed by atoms with Gasteiger partial charge < -0.3 is 5.73 Å². The maximum absolute atomic E-state index is 5.85. The number of hydrogen-bond donors (Lipinski definition) is 1. The highest BCUT2D eigenvalue weighted by Gasteiger charge is 2.12. The Balaban J connectivity index is 2.43. The molecule has 0 saturated heterocycles. The van der Waals surface area contributed by atoms with Crippen molar-refractivity contribution in [3.8, 4) is 5.69 Å². The second-order valence-electron chi connectivity index (χ2n) is 5.20. The van der Waals surface area contributed by atoms with Gasteiger partial charge in [-0.3, -0.25) is 0 Å². The molecule has 2 N–H and O–H groups in total. The topological polar surface area (TPSA) is 43.8 Å². The van der Waals surface area contributed by atoms with E-state index >= 15 is 0 Å². The third-order valence-corrected chi connectivity index (χ3v) is 4.40. The molecule has 2 aromatic rings. The molecule has 4 heteroatoms. The summed E-state index contributed by atoms with van der Waals surface area (Å²) < 4.78 is 3.07. The van der Waals surface area contributed by atoms with E-state index in [0.29, 0.717) is 0 Å². The normalized spacial score (nSPS) is 12.7. The number of halogens is 1. The number of rotatable bonds is 3. The first kappa shape index (κ1) is 14.3. The Kier molecular flexibility index (Phi) is 4.11. The minimum absolute atomic E-state index is 0.188. The summed E-state index contributed by atoms with van der Waals surface area (Å²) in [5, 5.41) is 4.58. The van der Waals surface area contributed by atoms with Gasteiger partial charge >= 0.3 is 0 Å². The van der Waals surface area contributed by atoms with Crippen LogP contribution in [0.25, 0.3) is 5.69 Å². The SMILES string of the molecule is Cc1cc(CC(C)N)ccc1-n1nc(C)c(Br)c1C. The van der Waals surface area contributed by atoms with Crippen LogP contribution in [0.3, 0.4) is 0 Å². The van der Waals surface area contributed by atoms with Crippen molar-refractivity contribution in [2.75, 3.05) is 0 Å². The summed E-state index contributed by atoms with van der Waals surface area (Å²) >= 11 is 3.57. The number of aromatic nitrogens is 2. The maximum Gasteiger partial charge on any atom is 0.0743 e. The Morgan fingerprint density at radius 1 is 1.32 bits per heavy atom. The predicted molar refractivity (Wildman–Crippen MR) is 82.8 cm³/mol. The van der Waals surface area contributed by atoms with E-state index in [1.54, 1.807) is 0 Å². The fourth-order valence-electron chi connectivity index (χ4n) is 2.31. The molecule has 1 atom stereocenters. The maximum atomic E-state index is 5.85. The Morgan fingerprint density at radius 2 is 2.00 bits per heavy atom. The van der Waals surface area contributed by atoms with Crippen LogP contribution in [0.4, 0.5) is 0 Å². The molecule has 19 heavy (non-hydrogen) atoms. The molecule has 0 aliphatic carbocycles. The van der Waals surface area contributed by atoms with Gasteiger partial charge in [0.05, 0.1) is 21.5 Å². The quantitative estimate of drug-likeness (QED) is 0.940. The second-order valence-corrected chi connectivity index (χ2v) is 5.99. The monoisotopic (exact) mass is 321 g/mol. The summed E-state index contributed by atoms with van der Waals surface area (Å²) in [5.41, 5.74) is 11.6. The van der Waals surface area contributed by atoms with Gasteiger partial charge in [-0.1, -0.05) is 12.1 Å². The van der Waals surface area contributed by atoms with Crippen molar-refractivity contribution in [2.45, 2.75) is 40.2 Å². The van der Waals surface area contributed by atoms with Gasteiger partial charge in [0.2, 0.25) is 0 Å². The zero-order valence-corrected chi connectivity index (χ0v) is 13.5. The van der Waals surface area contributed by atoms with Gasteiger partial charge in [-0.25, -0.2) is 4.68 Å². The van der Waals surface area contributed by atoms with E-state index in [1.165, 1.54) is 11.1 Å². The summed E-state index contributed by atoms with van der Waals surface area (Å²) in [4.78, 5) is 0. The van der Waals surface area contributed by atoms with E-state index in [-0.39, 0.29) is 6.04 Å². The van der Waals surface area contributed by atoms with Crippen molar-refractivity contribution in [3.63, 3.8) is 0 Å². The van der Waals surface area contributed by atoms with Crippen LogP contribution in [0.15, 0.2) is 22.7 Å². The molecule has 0 saturated carbocycles. The van der Waals surface area contributed by atoms with Gasteiger partial charge in [-0.2, -0.15) is 5.10 Å². The molecule has 102 valence electrons. The number of nitrogens with two attached hydrogens (primary N) is 1. The average molecular weight is 322 g/mol. The van der Waals surface area contributed by atoms with Crippen LogP contribution in [-0.2, 0) is 6.42 Å². The van der Waals surface area contributed by atoms with Crippen molar-refractivity contribution < 1.29 is 0 Å². The molecule has 2 rings (SSSR count). The molecule has 0 aliphatic rings. The van der Waals surface area contributed by atoms with Gasteiger partial charge in [0.15, 0.2) is 0 Å². The molecule has 3 nitrogen and oxygen atoms in total. The number of aryl methyl sites for hydroxylation is 2. The predicted octanol–water partition coefficient (Wildman–Crippen LogP) is 3.45. The van der Waals surface area contributed by atoms with Gasteiger partial charge in [0.25, 0.3) is 0 Å². The fraction of sp³-hybridized carbons (Fsp3) is 0.400. The van der Waals surface area contributed by atoms with E-state index in [4.69, 9.17) is 5.73 Å². The van der Waals surface area contributed by atoms with E-state index in [1.807, 2.05) is 18.5 Å². The van der Waals surface area contributed by atoms with Crippen LogP contribution in [0, 0.1) is 20.8 Å². The van der Waals surface area contributed by atoms with Gasteiger partial charge in [0.1, 0.15) is 0 Å². The highest BCUT2D eigenvalue weighted by Crippen LogP contribution is 2.25. The molecule has 0 fully saturated rings. The highest BCUT2D eigenvalue weighted by atomic mass is 79.9. The largest absolute Gasteiger partial charge is 0.328 e. The van der Waals surface area contributed by atoms with Gasteiger partial charge in [-0.05, 0) is 67.2 Å². The Bertz CT molecular complexity index is 600. The van der Waals surface area contributed by atoms with Crippen LogP contribution in [-0.4, -0.2) is 15.8 Å². The molecule has 0 bridgehead atoms. The van der Waals surface area contributed by atoms with Crippen LogP contribution < -0.4 is 5.73 Å². The lowest BCUT2D eigenvalue weighted by atomic mass is 10.0. The second kappa shape index (κ2) is 5.47. The third-order valence-electron chi connectivity index (χ3n) is 3.25. The minimum atomic E-state index is 0.188. The summed E-state index contributed by atoms with van der Waals surface area (Å²) in [6, 6.07) is 6.64. The van der Waals surface area contributed by atoms with E-state index in [2.05, 4.69) is 53.1 Å². The van der Waals surface area contributed by atoms with E-state index in [0.717, 1.165) is 28.0 Å². The molecule has 0 aliphatic heterocycles. The Morgan fingerprint density at radius 3 is 2.47 bits per heavy atom. The van der Waals surface area contributed by atoms with Crippen molar-refractivity contribution in [3.05, 3.63) is 45.2 Å². The number of hydrogen-bond acceptors (Lipinski definition) is 2. The molecule has 0 spiro atoms. The molecule has 0 amide bonds. The molecule has 1 heterocycles. The van der Waals surface area contributed by atoms with Crippen LogP contribution in [0.2, 0.25) is 0 Å². The summed E-state index contributed by atoms with van der Waals surface area (Å²) in [6.07, 6.45) is 0.905. The Hall–Kier alpha value is -1.13. The van der Waals surface area contributed by atoms with E-state index < -0.39 is 0 Å². The van der Waals surface area contributed by atoms with Gasteiger partial charge in [-0.15, -0.1) is 0 Å². The molecular formula is C15H20BrN3. The van der Waals surface area contributed by atoms with Crippen LogP contribution in [0.1, 0.15) is 29.4 Å². The fourth-order valence-corrected chi connectivity index (χ4v) is 2.56. The third kappa shape index (κ3) is 2.90. The zero-order chi connectivity index (χ0) is 14.2.